The molecule has 1 saturated carbocycles. The van der Waals surface area contributed by atoms with Gasteiger partial charge >= 0.3 is 0 Å². The van der Waals surface area contributed by atoms with Crippen LogP contribution in [-0.4, -0.2) is 29.9 Å². The zero-order valence-electron chi connectivity index (χ0n) is 12.3. The van der Waals surface area contributed by atoms with Gasteiger partial charge in [0, 0.05) is 18.0 Å². The maximum Gasteiger partial charge on any atom is 0.221 e. The van der Waals surface area contributed by atoms with Crippen molar-refractivity contribution in [3.8, 4) is 5.75 Å². The Hall–Kier alpha value is -1.88. The van der Waals surface area contributed by atoms with Gasteiger partial charge in [0.2, 0.25) is 11.8 Å². The quantitative estimate of drug-likeness (QED) is 0.755. The Labute approximate surface area is 124 Å². The number of hydrogen-bond donors (Lipinski definition) is 1. The van der Waals surface area contributed by atoms with E-state index in [9.17, 15) is 0 Å². The third-order valence-electron chi connectivity index (χ3n) is 3.62. The van der Waals surface area contributed by atoms with Gasteiger partial charge in [-0.15, -0.1) is 10.2 Å². The molecule has 21 heavy (non-hydrogen) atoms. The Morgan fingerprint density at radius 2 is 2.05 bits per heavy atom. The summed E-state index contributed by atoms with van der Waals surface area (Å²) in [7, 11) is 1.67. The lowest BCUT2D eigenvalue weighted by atomic mass is 10.1. The molecule has 1 aliphatic carbocycles. The van der Waals surface area contributed by atoms with E-state index in [1.807, 2.05) is 24.3 Å². The van der Waals surface area contributed by atoms with Crippen LogP contribution in [-0.2, 0) is 12.8 Å². The Morgan fingerprint density at radius 1 is 1.24 bits per heavy atom. The molecular weight excluding hydrogens is 266 g/mol. The number of rotatable bonds is 8. The largest absolute Gasteiger partial charge is 0.496 e. The van der Waals surface area contributed by atoms with E-state index in [0.29, 0.717) is 12.3 Å². The third kappa shape index (κ3) is 4.04. The molecule has 3 rings (SSSR count). The first-order valence-corrected chi connectivity index (χ1v) is 7.51. The monoisotopic (exact) mass is 287 g/mol. The smallest absolute Gasteiger partial charge is 0.221 e. The predicted octanol–water partition coefficient (Wildman–Crippen LogP) is 2.35. The molecule has 112 valence electrons. The van der Waals surface area contributed by atoms with E-state index in [2.05, 4.69) is 15.5 Å². The minimum Gasteiger partial charge on any atom is -0.496 e. The summed E-state index contributed by atoms with van der Waals surface area (Å²) in [6.07, 6.45) is 5.12. The number of hydrogen-bond acceptors (Lipinski definition) is 5. The summed E-state index contributed by atoms with van der Waals surface area (Å²) in [6.45, 7) is 1.02. The lowest BCUT2D eigenvalue weighted by Crippen LogP contribution is -2.17. The van der Waals surface area contributed by atoms with E-state index in [4.69, 9.17) is 9.15 Å². The highest BCUT2D eigenvalue weighted by molar-refractivity contribution is 5.34. The number of aromatic nitrogens is 2. The van der Waals surface area contributed by atoms with Gasteiger partial charge in [0.1, 0.15) is 5.75 Å². The number of benzene rings is 1. The maximum absolute atomic E-state index is 5.70. The van der Waals surface area contributed by atoms with Gasteiger partial charge in [0.15, 0.2) is 0 Å². The summed E-state index contributed by atoms with van der Waals surface area (Å²) in [5.41, 5.74) is 1.06. The van der Waals surface area contributed by atoms with E-state index in [1.54, 1.807) is 7.11 Å². The van der Waals surface area contributed by atoms with E-state index >= 15 is 0 Å². The van der Waals surface area contributed by atoms with Gasteiger partial charge in [0.05, 0.1) is 13.5 Å². The van der Waals surface area contributed by atoms with Gasteiger partial charge in [-0.2, -0.15) is 0 Å². The van der Waals surface area contributed by atoms with Crippen molar-refractivity contribution in [3.63, 3.8) is 0 Å². The summed E-state index contributed by atoms with van der Waals surface area (Å²) in [5.74, 6) is 2.22. The molecule has 0 bridgehead atoms. The second-order valence-corrected chi connectivity index (χ2v) is 5.41. The summed E-state index contributed by atoms with van der Waals surface area (Å²) in [5, 5.41) is 11.7. The molecule has 1 aliphatic rings. The van der Waals surface area contributed by atoms with Crippen LogP contribution in [0.4, 0.5) is 0 Å². The Bertz CT molecular complexity index is 578. The average molecular weight is 287 g/mol. The van der Waals surface area contributed by atoms with E-state index < -0.39 is 0 Å². The van der Waals surface area contributed by atoms with Gasteiger partial charge < -0.3 is 14.5 Å². The average Bonchev–Trinajstić information content (AvgIpc) is 3.24. The molecule has 1 aromatic heterocycles. The van der Waals surface area contributed by atoms with Crippen molar-refractivity contribution < 1.29 is 9.15 Å². The molecule has 5 heteroatoms. The Morgan fingerprint density at radius 3 is 2.86 bits per heavy atom. The van der Waals surface area contributed by atoms with Crippen molar-refractivity contribution >= 4 is 0 Å². The molecule has 0 unspecified atom stereocenters. The van der Waals surface area contributed by atoms with Gasteiger partial charge in [0.25, 0.3) is 0 Å². The molecule has 0 spiro atoms. The van der Waals surface area contributed by atoms with Crippen LogP contribution < -0.4 is 10.1 Å². The molecule has 0 aliphatic heterocycles. The van der Waals surface area contributed by atoms with E-state index in [-0.39, 0.29) is 0 Å². The molecule has 1 fully saturated rings. The molecule has 0 radical (unpaired) electrons. The summed E-state index contributed by atoms with van der Waals surface area (Å²) < 4.78 is 11.0. The molecule has 1 heterocycles. The standard InChI is InChI=1S/C16H21N3O2/c1-20-14-6-3-2-5-12(14)11-16-19-18-15(21-16)7-4-10-17-13-8-9-13/h2-3,5-6,13,17H,4,7-11H2,1H3. The van der Waals surface area contributed by atoms with Crippen LogP contribution in [0.1, 0.15) is 36.6 Å². The zero-order chi connectivity index (χ0) is 14.5. The first-order valence-electron chi connectivity index (χ1n) is 7.51. The molecule has 0 atom stereocenters. The first-order chi connectivity index (χ1) is 10.3. The topological polar surface area (TPSA) is 60.2 Å². The van der Waals surface area contributed by atoms with Crippen molar-refractivity contribution in [3.05, 3.63) is 41.6 Å². The number of aryl methyl sites for hydroxylation is 1. The minimum absolute atomic E-state index is 0.608. The number of nitrogens with one attached hydrogen (secondary N) is 1. The number of methoxy groups -OCH3 is 1. The van der Waals surface area contributed by atoms with Crippen LogP contribution in [0.25, 0.3) is 0 Å². The zero-order valence-corrected chi connectivity index (χ0v) is 12.3. The van der Waals surface area contributed by atoms with Crippen molar-refractivity contribution in [1.82, 2.24) is 15.5 Å². The van der Waals surface area contributed by atoms with Crippen LogP contribution >= 0.6 is 0 Å². The van der Waals surface area contributed by atoms with Crippen molar-refractivity contribution in [2.24, 2.45) is 0 Å². The van der Waals surface area contributed by atoms with Gasteiger partial charge in [-0.3, -0.25) is 0 Å². The maximum atomic E-state index is 5.70. The first kappa shape index (κ1) is 14.1. The second kappa shape index (κ2) is 6.72. The predicted molar refractivity (Wildman–Crippen MR) is 79.4 cm³/mol. The third-order valence-corrected chi connectivity index (χ3v) is 3.62. The number of ether oxygens (including phenoxy) is 1. The molecule has 1 N–H and O–H groups in total. The van der Waals surface area contributed by atoms with Crippen LogP contribution in [0.5, 0.6) is 5.75 Å². The fourth-order valence-electron chi connectivity index (χ4n) is 2.31. The fourth-order valence-corrected chi connectivity index (χ4v) is 2.31. The molecular formula is C16H21N3O2. The highest BCUT2D eigenvalue weighted by Crippen LogP contribution is 2.21. The lowest BCUT2D eigenvalue weighted by Gasteiger charge is -2.05. The summed E-state index contributed by atoms with van der Waals surface area (Å²) in [4.78, 5) is 0. The molecule has 5 nitrogen and oxygen atoms in total. The highest BCUT2D eigenvalue weighted by atomic mass is 16.5. The Balaban J connectivity index is 1.51. The second-order valence-electron chi connectivity index (χ2n) is 5.41. The normalized spacial score (nSPS) is 14.3. The molecule has 0 saturated heterocycles. The van der Waals surface area contributed by atoms with Gasteiger partial charge in [-0.1, -0.05) is 18.2 Å². The number of nitrogens with zero attached hydrogens (tertiary/aromatic N) is 2. The molecule has 2 aromatic rings. The van der Waals surface area contributed by atoms with E-state index in [1.165, 1.54) is 12.8 Å². The van der Waals surface area contributed by atoms with Crippen LogP contribution in [0.15, 0.2) is 28.7 Å². The van der Waals surface area contributed by atoms with Crippen LogP contribution in [0.2, 0.25) is 0 Å². The minimum atomic E-state index is 0.608. The molecule has 1 aromatic carbocycles. The SMILES string of the molecule is COc1ccccc1Cc1nnc(CCCNC2CC2)o1. The molecule has 0 amide bonds. The van der Waals surface area contributed by atoms with Crippen molar-refractivity contribution in [1.29, 1.82) is 0 Å². The van der Waals surface area contributed by atoms with Gasteiger partial charge in [-0.05, 0) is 31.9 Å². The van der Waals surface area contributed by atoms with Crippen molar-refractivity contribution in [2.45, 2.75) is 38.1 Å². The van der Waals surface area contributed by atoms with Crippen molar-refractivity contribution in [2.75, 3.05) is 13.7 Å². The summed E-state index contributed by atoms with van der Waals surface area (Å²) in [6, 6.07) is 8.65. The number of para-hydroxylation sites is 1. The van der Waals surface area contributed by atoms with Gasteiger partial charge in [-0.25, -0.2) is 0 Å². The lowest BCUT2D eigenvalue weighted by molar-refractivity contribution is 0.406. The fraction of sp³-hybridized carbons (Fsp3) is 0.500. The van der Waals surface area contributed by atoms with E-state index in [0.717, 1.165) is 42.6 Å². The Kier molecular flexibility index (Phi) is 4.50. The summed E-state index contributed by atoms with van der Waals surface area (Å²) >= 11 is 0. The van der Waals surface area contributed by atoms with Crippen LogP contribution in [0, 0.1) is 0 Å². The van der Waals surface area contributed by atoms with Crippen LogP contribution in [0.3, 0.4) is 0 Å². The highest BCUT2D eigenvalue weighted by Gasteiger charge is 2.19.